The van der Waals surface area contributed by atoms with E-state index in [-0.39, 0.29) is 0 Å². The van der Waals surface area contributed by atoms with E-state index in [9.17, 15) is 0 Å². The molecule has 0 saturated heterocycles. The van der Waals surface area contributed by atoms with Gasteiger partial charge in [-0.05, 0) is 23.6 Å². The summed E-state index contributed by atoms with van der Waals surface area (Å²) >= 11 is 5.94. The van der Waals surface area contributed by atoms with Gasteiger partial charge in [0.15, 0.2) is 0 Å². The van der Waals surface area contributed by atoms with Crippen LogP contribution in [0.4, 0.5) is 0 Å². The van der Waals surface area contributed by atoms with Gasteiger partial charge in [-0.25, -0.2) is 0 Å². The van der Waals surface area contributed by atoms with Crippen LogP contribution >= 0.6 is 11.6 Å². The van der Waals surface area contributed by atoms with Crippen LogP contribution < -0.4 is 0 Å². The molecule has 1 aromatic carbocycles. The van der Waals surface area contributed by atoms with Gasteiger partial charge in [0.2, 0.25) is 0 Å². The number of rotatable bonds is 3. The normalized spacial score (nSPS) is 11.0. The Morgan fingerprint density at radius 1 is 1.36 bits per heavy atom. The van der Waals surface area contributed by atoms with E-state index in [1.54, 1.807) is 7.11 Å². The second kappa shape index (κ2) is 4.03. The Labute approximate surface area is 88.0 Å². The topological polar surface area (TPSA) is 14.2 Å². The molecule has 0 unspecified atom stereocenters. The molecule has 0 atom stereocenters. The standard InChI is InChI=1S/C11H12ClNO/c1-14-7-6-13-5-4-9-2-3-10(12)8-11(9)13/h2-5,8H,6-7H2,1H3. The fraction of sp³-hybridized carbons (Fsp3) is 0.273. The average Bonchev–Trinajstić information content (AvgIpc) is 2.57. The van der Waals surface area contributed by atoms with Crippen LogP contribution in [0.2, 0.25) is 5.02 Å². The molecular weight excluding hydrogens is 198 g/mol. The van der Waals surface area contributed by atoms with E-state index in [2.05, 4.69) is 16.8 Å². The molecule has 14 heavy (non-hydrogen) atoms. The van der Waals surface area contributed by atoms with Crippen LogP contribution in [-0.4, -0.2) is 18.3 Å². The first-order chi connectivity index (χ1) is 6.81. The molecule has 0 radical (unpaired) electrons. The van der Waals surface area contributed by atoms with Crippen LogP contribution in [0.3, 0.4) is 0 Å². The maximum atomic E-state index is 5.94. The minimum atomic E-state index is 0.719. The molecule has 3 heteroatoms. The van der Waals surface area contributed by atoms with Gasteiger partial charge in [0.1, 0.15) is 0 Å². The number of ether oxygens (including phenoxy) is 1. The fourth-order valence-corrected chi connectivity index (χ4v) is 1.71. The third-order valence-corrected chi connectivity index (χ3v) is 2.51. The minimum absolute atomic E-state index is 0.719. The summed E-state index contributed by atoms with van der Waals surface area (Å²) in [5.74, 6) is 0. The largest absolute Gasteiger partial charge is 0.383 e. The molecule has 1 aromatic heterocycles. The van der Waals surface area contributed by atoms with Crippen LogP contribution in [0.15, 0.2) is 30.5 Å². The van der Waals surface area contributed by atoms with Crippen LogP contribution in [0, 0.1) is 0 Å². The van der Waals surface area contributed by atoms with Crippen molar-refractivity contribution in [1.82, 2.24) is 4.57 Å². The van der Waals surface area contributed by atoms with Crippen molar-refractivity contribution >= 4 is 22.5 Å². The predicted molar refractivity (Wildman–Crippen MR) is 58.8 cm³/mol. The molecule has 2 aromatic rings. The smallest absolute Gasteiger partial charge is 0.0641 e. The zero-order chi connectivity index (χ0) is 9.97. The molecule has 0 amide bonds. The third kappa shape index (κ3) is 1.76. The van der Waals surface area contributed by atoms with Gasteiger partial charge in [0.05, 0.1) is 6.61 Å². The second-order valence-electron chi connectivity index (χ2n) is 3.21. The number of methoxy groups -OCH3 is 1. The Bertz CT molecular complexity index is 436. The molecule has 1 heterocycles. The van der Waals surface area contributed by atoms with Crippen molar-refractivity contribution in [3.05, 3.63) is 35.5 Å². The number of benzene rings is 1. The quantitative estimate of drug-likeness (QED) is 0.758. The molecule has 0 aliphatic carbocycles. The van der Waals surface area contributed by atoms with Gasteiger partial charge in [-0.3, -0.25) is 0 Å². The van der Waals surface area contributed by atoms with Crippen LogP contribution in [0.1, 0.15) is 0 Å². The Morgan fingerprint density at radius 2 is 2.21 bits per heavy atom. The third-order valence-electron chi connectivity index (χ3n) is 2.27. The summed E-state index contributed by atoms with van der Waals surface area (Å²) in [5, 5.41) is 1.99. The van der Waals surface area contributed by atoms with Gasteiger partial charge in [0.25, 0.3) is 0 Å². The monoisotopic (exact) mass is 209 g/mol. The minimum Gasteiger partial charge on any atom is -0.383 e. The first-order valence-corrected chi connectivity index (χ1v) is 4.92. The van der Waals surface area contributed by atoms with Gasteiger partial charge in [-0.15, -0.1) is 0 Å². The molecule has 0 spiro atoms. The highest BCUT2D eigenvalue weighted by atomic mass is 35.5. The van der Waals surface area contributed by atoms with E-state index < -0.39 is 0 Å². The SMILES string of the molecule is COCCn1ccc2ccc(Cl)cc21. The molecule has 2 nitrogen and oxygen atoms in total. The van der Waals surface area contributed by atoms with Gasteiger partial charge in [0, 0.05) is 30.4 Å². The molecule has 0 aliphatic rings. The maximum absolute atomic E-state index is 5.94. The van der Waals surface area contributed by atoms with Crippen molar-refractivity contribution in [3.63, 3.8) is 0 Å². The van der Waals surface area contributed by atoms with Gasteiger partial charge in [-0.1, -0.05) is 17.7 Å². The predicted octanol–water partition coefficient (Wildman–Crippen LogP) is 2.94. The van der Waals surface area contributed by atoms with Crippen LogP contribution in [0.5, 0.6) is 0 Å². The van der Waals surface area contributed by atoms with Crippen molar-refractivity contribution in [3.8, 4) is 0 Å². The van der Waals surface area contributed by atoms with Crippen molar-refractivity contribution in [1.29, 1.82) is 0 Å². The zero-order valence-electron chi connectivity index (χ0n) is 8.03. The lowest BCUT2D eigenvalue weighted by Crippen LogP contribution is -2.02. The van der Waals surface area contributed by atoms with Gasteiger partial charge >= 0.3 is 0 Å². The molecule has 0 aliphatic heterocycles. The van der Waals surface area contributed by atoms with Crippen molar-refractivity contribution in [2.45, 2.75) is 6.54 Å². The number of aromatic nitrogens is 1. The van der Waals surface area contributed by atoms with Crippen LogP contribution in [-0.2, 0) is 11.3 Å². The summed E-state index contributed by atoms with van der Waals surface area (Å²) < 4.78 is 7.18. The summed E-state index contributed by atoms with van der Waals surface area (Å²) in [5.41, 5.74) is 1.16. The first kappa shape index (κ1) is 9.56. The van der Waals surface area contributed by atoms with E-state index in [4.69, 9.17) is 16.3 Å². The van der Waals surface area contributed by atoms with E-state index in [0.717, 1.165) is 23.7 Å². The summed E-state index contributed by atoms with van der Waals surface area (Å²) in [6.45, 7) is 1.58. The molecule has 0 N–H and O–H groups in total. The molecule has 2 rings (SSSR count). The van der Waals surface area contributed by atoms with E-state index in [1.165, 1.54) is 5.39 Å². The van der Waals surface area contributed by atoms with Crippen molar-refractivity contribution < 1.29 is 4.74 Å². The molecule has 0 saturated carbocycles. The Hall–Kier alpha value is -0.990. The van der Waals surface area contributed by atoms with Crippen molar-refractivity contribution in [2.24, 2.45) is 0 Å². The Kier molecular flexibility index (Phi) is 2.75. The summed E-state index contributed by atoms with van der Waals surface area (Å²) in [4.78, 5) is 0. The Balaban J connectivity index is 2.40. The van der Waals surface area contributed by atoms with E-state index >= 15 is 0 Å². The van der Waals surface area contributed by atoms with Gasteiger partial charge in [-0.2, -0.15) is 0 Å². The number of hydrogen-bond donors (Lipinski definition) is 0. The lowest BCUT2D eigenvalue weighted by atomic mass is 10.2. The lowest BCUT2D eigenvalue weighted by molar-refractivity contribution is 0.188. The number of halogens is 1. The summed E-state index contributed by atoms with van der Waals surface area (Å²) in [7, 11) is 1.71. The Morgan fingerprint density at radius 3 is 3.00 bits per heavy atom. The molecule has 0 bridgehead atoms. The van der Waals surface area contributed by atoms with Crippen LogP contribution in [0.25, 0.3) is 10.9 Å². The first-order valence-electron chi connectivity index (χ1n) is 4.54. The molecule has 0 fully saturated rings. The molecular formula is C11H12ClNO. The summed E-state index contributed by atoms with van der Waals surface area (Å²) in [6, 6.07) is 8.00. The number of fused-ring (bicyclic) bond motifs is 1. The zero-order valence-corrected chi connectivity index (χ0v) is 8.79. The maximum Gasteiger partial charge on any atom is 0.0641 e. The van der Waals surface area contributed by atoms with Gasteiger partial charge < -0.3 is 9.30 Å². The molecule has 74 valence electrons. The van der Waals surface area contributed by atoms with E-state index in [0.29, 0.717) is 0 Å². The average molecular weight is 210 g/mol. The highest BCUT2D eigenvalue weighted by Crippen LogP contribution is 2.20. The van der Waals surface area contributed by atoms with E-state index in [1.807, 2.05) is 18.2 Å². The second-order valence-corrected chi connectivity index (χ2v) is 3.64. The highest BCUT2D eigenvalue weighted by molar-refractivity contribution is 6.31. The number of hydrogen-bond acceptors (Lipinski definition) is 1. The fourth-order valence-electron chi connectivity index (χ4n) is 1.54. The summed E-state index contributed by atoms with van der Waals surface area (Å²) in [6.07, 6.45) is 2.06. The van der Waals surface area contributed by atoms with Crippen molar-refractivity contribution in [2.75, 3.05) is 13.7 Å². The lowest BCUT2D eigenvalue weighted by Gasteiger charge is -2.04. The highest BCUT2D eigenvalue weighted by Gasteiger charge is 2.00. The number of nitrogens with zero attached hydrogens (tertiary/aromatic N) is 1.